The van der Waals surface area contributed by atoms with Gasteiger partial charge in [0.15, 0.2) is 5.16 Å². The summed E-state index contributed by atoms with van der Waals surface area (Å²) in [6.07, 6.45) is 1.02. The quantitative estimate of drug-likeness (QED) is 0.722. The molecule has 0 saturated carbocycles. The van der Waals surface area contributed by atoms with Crippen LogP contribution in [0.25, 0.3) is 11.0 Å². The monoisotopic (exact) mass is 284 g/mol. The Labute approximate surface area is 122 Å². The van der Waals surface area contributed by atoms with Crippen LogP contribution in [0.4, 0.5) is 0 Å². The van der Waals surface area contributed by atoms with Crippen LogP contribution in [-0.2, 0) is 6.42 Å². The maximum atomic E-state index is 5.16. The van der Waals surface area contributed by atoms with Crippen LogP contribution in [0.15, 0.2) is 53.7 Å². The van der Waals surface area contributed by atoms with Crippen LogP contribution >= 0.6 is 11.8 Å². The van der Waals surface area contributed by atoms with Gasteiger partial charge < -0.3 is 9.72 Å². The molecule has 3 rings (SSSR count). The molecule has 0 saturated heterocycles. The first-order valence-electron chi connectivity index (χ1n) is 6.55. The van der Waals surface area contributed by atoms with Crippen molar-refractivity contribution < 1.29 is 4.74 Å². The van der Waals surface area contributed by atoms with E-state index in [1.807, 2.05) is 30.3 Å². The first-order chi connectivity index (χ1) is 9.85. The van der Waals surface area contributed by atoms with E-state index in [0.717, 1.165) is 34.1 Å². The molecule has 102 valence electrons. The van der Waals surface area contributed by atoms with Gasteiger partial charge in [-0.15, -0.1) is 0 Å². The summed E-state index contributed by atoms with van der Waals surface area (Å²) < 4.78 is 5.16. The molecule has 20 heavy (non-hydrogen) atoms. The highest BCUT2D eigenvalue weighted by Gasteiger charge is 2.02. The molecular formula is C16H16N2OS. The molecule has 4 heteroatoms. The minimum absolute atomic E-state index is 0.902. The van der Waals surface area contributed by atoms with E-state index in [9.17, 15) is 0 Å². The van der Waals surface area contributed by atoms with Gasteiger partial charge in [0.25, 0.3) is 0 Å². The molecule has 0 aliphatic heterocycles. The Morgan fingerprint density at radius 3 is 2.65 bits per heavy atom. The van der Waals surface area contributed by atoms with Crippen molar-refractivity contribution in [2.75, 3.05) is 12.9 Å². The zero-order valence-electron chi connectivity index (χ0n) is 11.3. The maximum absolute atomic E-state index is 5.16. The third kappa shape index (κ3) is 2.96. The lowest BCUT2D eigenvalue weighted by molar-refractivity contribution is 0.414. The highest BCUT2D eigenvalue weighted by Crippen LogP contribution is 2.20. The Balaban J connectivity index is 1.58. The van der Waals surface area contributed by atoms with Crippen LogP contribution in [0.3, 0.4) is 0 Å². The molecule has 0 unspecified atom stereocenters. The summed E-state index contributed by atoms with van der Waals surface area (Å²) in [5, 5.41) is 0.986. The molecule has 0 spiro atoms. The van der Waals surface area contributed by atoms with E-state index in [2.05, 4.69) is 28.2 Å². The van der Waals surface area contributed by atoms with Crippen molar-refractivity contribution in [2.45, 2.75) is 11.6 Å². The number of aromatic amines is 1. The highest BCUT2D eigenvalue weighted by molar-refractivity contribution is 7.99. The third-order valence-electron chi connectivity index (χ3n) is 3.16. The van der Waals surface area contributed by atoms with Crippen LogP contribution in [0.5, 0.6) is 5.75 Å². The average molecular weight is 284 g/mol. The highest BCUT2D eigenvalue weighted by atomic mass is 32.2. The van der Waals surface area contributed by atoms with Crippen molar-refractivity contribution in [3.8, 4) is 5.75 Å². The fourth-order valence-electron chi connectivity index (χ4n) is 2.06. The molecule has 1 N–H and O–H groups in total. The molecule has 0 fully saturated rings. The number of aryl methyl sites for hydroxylation is 1. The summed E-state index contributed by atoms with van der Waals surface area (Å²) in [5.74, 6) is 1.91. The van der Waals surface area contributed by atoms with E-state index in [1.54, 1.807) is 18.9 Å². The van der Waals surface area contributed by atoms with Crippen LogP contribution in [0.1, 0.15) is 5.56 Å². The number of methoxy groups -OCH3 is 1. The molecule has 0 bridgehead atoms. The van der Waals surface area contributed by atoms with E-state index < -0.39 is 0 Å². The standard InChI is InChI=1S/C16H16N2OS/c1-19-13-8-6-12(7-9-13)10-11-20-16-17-14-4-2-3-5-15(14)18-16/h2-9H,10-11H2,1H3,(H,17,18). The molecular weight excluding hydrogens is 268 g/mol. The lowest BCUT2D eigenvalue weighted by atomic mass is 10.2. The number of aromatic nitrogens is 2. The number of thioether (sulfide) groups is 1. The number of fused-ring (bicyclic) bond motifs is 1. The number of benzene rings is 2. The van der Waals surface area contributed by atoms with E-state index in [-0.39, 0.29) is 0 Å². The zero-order chi connectivity index (χ0) is 13.8. The van der Waals surface area contributed by atoms with Gasteiger partial charge in [-0.2, -0.15) is 0 Å². The third-order valence-corrected chi connectivity index (χ3v) is 4.03. The van der Waals surface area contributed by atoms with Gasteiger partial charge in [0.2, 0.25) is 0 Å². The molecule has 0 amide bonds. The van der Waals surface area contributed by atoms with Crippen molar-refractivity contribution in [3.05, 3.63) is 54.1 Å². The van der Waals surface area contributed by atoms with Crippen LogP contribution in [0.2, 0.25) is 0 Å². The Hall–Kier alpha value is -1.94. The van der Waals surface area contributed by atoms with Crippen LogP contribution in [0, 0.1) is 0 Å². The number of H-pyrrole nitrogens is 1. The molecule has 3 nitrogen and oxygen atoms in total. The molecule has 0 aliphatic carbocycles. The Bertz CT molecular complexity index is 658. The molecule has 0 radical (unpaired) electrons. The largest absolute Gasteiger partial charge is 0.497 e. The molecule has 1 aromatic heterocycles. The summed E-state index contributed by atoms with van der Waals surface area (Å²) in [4.78, 5) is 7.89. The lowest BCUT2D eigenvalue weighted by Gasteiger charge is -2.02. The average Bonchev–Trinajstić information content (AvgIpc) is 2.90. The van der Waals surface area contributed by atoms with Gasteiger partial charge in [-0.3, -0.25) is 0 Å². The molecule has 1 heterocycles. The smallest absolute Gasteiger partial charge is 0.166 e. The number of nitrogens with one attached hydrogen (secondary N) is 1. The summed E-state index contributed by atoms with van der Waals surface area (Å²) >= 11 is 1.75. The minimum atomic E-state index is 0.902. The normalized spacial score (nSPS) is 10.8. The Morgan fingerprint density at radius 2 is 1.90 bits per heavy atom. The summed E-state index contributed by atoms with van der Waals surface area (Å²) in [6, 6.07) is 16.3. The SMILES string of the molecule is COc1ccc(CCSc2nc3ccccc3[nH]2)cc1. The Kier molecular flexibility index (Phi) is 3.92. The number of ether oxygens (including phenoxy) is 1. The van der Waals surface area contributed by atoms with Crippen molar-refractivity contribution in [2.24, 2.45) is 0 Å². The molecule has 3 aromatic rings. The maximum Gasteiger partial charge on any atom is 0.166 e. The molecule has 0 atom stereocenters. The first-order valence-corrected chi connectivity index (χ1v) is 7.54. The van der Waals surface area contributed by atoms with Gasteiger partial charge in [-0.05, 0) is 36.2 Å². The second-order valence-corrected chi connectivity index (χ2v) is 5.59. The number of hydrogen-bond donors (Lipinski definition) is 1. The number of imidazole rings is 1. The predicted molar refractivity (Wildman–Crippen MR) is 83.5 cm³/mol. The van der Waals surface area contributed by atoms with E-state index in [4.69, 9.17) is 4.74 Å². The molecule has 0 aliphatic rings. The van der Waals surface area contributed by atoms with Gasteiger partial charge in [0.1, 0.15) is 5.75 Å². The second kappa shape index (κ2) is 6.01. The fraction of sp³-hybridized carbons (Fsp3) is 0.188. The minimum Gasteiger partial charge on any atom is -0.497 e. The van der Waals surface area contributed by atoms with Crippen molar-refractivity contribution >= 4 is 22.8 Å². The molecule has 2 aromatic carbocycles. The van der Waals surface area contributed by atoms with Crippen molar-refractivity contribution in [3.63, 3.8) is 0 Å². The van der Waals surface area contributed by atoms with Gasteiger partial charge in [-0.1, -0.05) is 36.0 Å². The van der Waals surface area contributed by atoms with Gasteiger partial charge >= 0.3 is 0 Å². The number of nitrogens with zero attached hydrogens (tertiary/aromatic N) is 1. The summed E-state index contributed by atoms with van der Waals surface area (Å²) in [6.45, 7) is 0. The second-order valence-electron chi connectivity index (χ2n) is 4.51. The van der Waals surface area contributed by atoms with E-state index in [0.29, 0.717) is 0 Å². The summed E-state index contributed by atoms with van der Waals surface area (Å²) in [7, 11) is 1.69. The topological polar surface area (TPSA) is 37.9 Å². The van der Waals surface area contributed by atoms with Gasteiger partial charge in [0.05, 0.1) is 18.1 Å². The number of rotatable bonds is 5. The van der Waals surface area contributed by atoms with E-state index in [1.165, 1.54) is 5.56 Å². The van der Waals surface area contributed by atoms with Gasteiger partial charge in [-0.25, -0.2) is 4.98 Å². The van der Waals surface area contributed by atoms with Gasteiger partial charge in [0, 0.05) is 5.75 Å². The van der Waals surface area contributed by atoms with Crippen LogP contribution in [-0.4, -0.2) is 22.8 Å². The predicted octanol–water partition coefficient (Wildman–Crippen LogP) is 3.91. The fourth-order valence-corrected chi connectivity index (χ4v) is 2.93. The lowest BCUT2D eigenvalue weighted by Crippen LogP contribution is -1.90. The van der Waals surface area contributed by atoms with Crippen molar-refractivity contribution in [1.82, 2.24) is 9.97 Å². The number of hydrogen-bond acceptors (Lipinski definition) is 3. The first kappa shape index (κ1) is 13.1. The summed E-state index contributed by atoms with van der Waals surface area (Å²) in [5.41, 5.74) is 3.44. The van der Waals surface area contributed by atoms with E-state index >= 15 is 0 Å². The van der Waals surface area contributed by atoms with Crippen molar-refractivity contribution in [1.29, 1.82) is 0 Å². The Morgan fingerprint density at radius 1 is 1.10 bits per heavy atom. The number of para-hydroxylation sites is 2. The van der Waals surface area contributed by atoms with Crippen LogP contribution < -0.4 is 4.74 Å². The zero-order valence-corrected chi connectivity index (χ0v) is 12.1.